The van der Waals surface area contributed by atoms with Crippen LogP contribution in [0.2, 0.25) is 0 Å². The molecule has 0 aliphatic heterocycles. The van der Waals surface area contributed by atoms with Crippen molar-refractivity contribution in [2.75, 3.05) is 18.5 Å². The summed E-state index contributed by atoms with van der Waals surface area (Å²) in [6.07, 6.45) is -0.777. The van der Waals surface area contributed by atoms with Gasteiger partial charge in [-0.3, -0.25) is 0 Å². The number of amides is 2. The Kier molecular flexibility index (Phi) is 6.00. The summed E-state index contributed by atoms with van der Waals surface area (Å²) in [7, 11) is 0. The van der Waals surface area contributed by atoms with E-state index >= 15 is 0 Å². The highest BCUT2D eigenvalue weighted by molar-refractivity contribution is 5.89. The van der Waals surface area contributed by atoms with Gasteiger partial charge in [0.25, 0.3) is 0 Å². The maximum atomic E-state index is 11.8. The maximum absolute atomic E-state index is 11.8. The number of anilines is 1. The third kappa shape index (κ3) is 5.64. The van der Waals surface area contributed by atoms with Gasteiger partial charge in [0.05, 0.1) is 0 Å². The van der Waals surface area contributed by atoms with Gasteiger partial charge in [-0.15, -0.1) is 0 Å². The zero-order valence-corrected chi connectivity index (χ0v) is 13.4. The second-order valence-corrected chi connectivity index (χ2v) is 5.41. The van der Waals surface area contributed by atoms with Gasteiger partial charge in [0.2, 0.25) is 0 Å². The second kappa shape index (κ2) is 8.19. The number of aryl methyl sites for hydroxylation is 2. The topological polar surface area (TPSA) is 70.6 Å². The molecule has 0 radical (unpaired) electrons. The molecule has 0 heterocycles. The van der Waals surface area contributed by atoms with Crippen molar-refractivity contribution < 1.29 is 14.6 Å². The molecule has 1 atom stereocenters. The van der Waals surface area contributed by atoms with Crippen LogP contribution >= 0.6 is 0 Å². The summed E-state index contributed by atoms with van der Waals surface area (Å²) in [6, 6.07) is 14.6. The monoisotopic (exact) mass is 314 g/mol. The number of hydrogen-bond donors (Lipinski definition) is 3. The number of carbonyl (C=O) groups is 1. The van der Waals surface area contributed by atoms with Crippen molar-refractivity contribution in [1.29, 1.82) is 0 Å². The number of aliphatic hydroxyl groups is 1. The summed E-state index contributed by atoms with van der Waals surface area (Å²) in [4.78, 5) is 11.8. The molecule has 122 valence electrons. The van der Waals surface area contributed by atoms with Crippen molar-refractivity contribution in [3.63, 3.8) is 0 Å². The molecule has 0 saturated heterocycles. The van der Waals surface area contributed by atoms with Gasteiger partial charge in [0.15, 0.2) is 0 Å². The number of hydrogen-bond acceptors (Lipinski definition) is 3. The van der Waals surface area contributed by atoms with Gasteiger partial charge < -0.3 is 20.5 Å². The number of aliphatic hydroxyl groups excluding tert-OH is 1. The molecule has 2 aromatic rings. The molecule has 2 aromatic carbocycles. The van der Waals surface area contributed by atoms with Gasteiger partial charge in [0.1, 0.15) is 18.5 Å². The Labute approximate surface area is 136 Å². The average Bonchev–Trinajstić information content (AvgIpc) is 2.55. The van der Waals surface area contributed by atoms with Gasteiger partial charge in [0, 0.05) is 12.2 Å². The van der Waals surface area contributed by atoms with Crippen LogP contribution in [-0.4, -0.2) is 30.4 Å². The molecule has 2 amide bonds. The lowest BCUT2D eigenvalue weighted by Crippen LogP contribution is -2.37. The Morgan fingerprint density at radius 2 is 1.87 bits per heavy atom. The smallest absolute Gasteiger partial charge is 0.319 e. The third-order valence-corrected chi connectivity index (χ3v) is 3.45. The van der Waals surface area contributed by atoms with Gasteiger partial charge in [-0.2, -0.15) is 0 Å². The van der Waals surface area contributed by atoms with Crippen molar-refractivity contribution in [3.8, 4) is 5.75 Å². The van der Waals surface area contributed by atoms with E-state index in [1.807, 2.05) is 62.4 Å². The van der Waals surface area contributed by atoms with Gasteiger partial charge in [-0.05, 0) is 49.2 Å². The summed E-state index contributed by atoms with van der Waals surface area (Å²) < 4.78 is 5.43. The van der Waals surface area contributed by atoms with E-state index in [9.17, 15) is 9.90 Å². The number of ether oxygens (including phenoxy) is 1. The van der Waals surface area contributed by atoms with E-state index in [2.05, 4.69) is 10.6 Å². The first-order valence-electron chi connectivity index (χ1n) is 7.52. The van der Waals surface area contributed by atoms with Gasteiger partial charge in [-0.1, -0.05) is 24.3 Å². The maximum Gasteiger partial charge on any atom is 0.319 e. The van der Waals surface area contributed by atoms with Gasteiger partial charge in [-0.25, -0.2) is 4.79 Å². The molecule has 0 spiro atoms. The van der Waals surface area contributed by atoms with E-state index < -0.39 is 6.10 Å². The summed E-state index contributed by atoms with van der Waals surface area (Å²) in [5.74, 6) is 0.686. The quantitative estimate of drug-likeness (QED) is 0.768. The Morgan fingerprint density at radius 3 is 2.57 bits per heavy atom. The van der Waals surface area contributed by atoms with Crippen molar-refractivity contribution in [3.05, 3.63) is 59.7 Å². The minimum Gasteiger partial charge on any atom is -0.491 e. The molecule has 23 heavy (non-hydrogen) atoms. The number of benzene rings is 2. The molecule has 0 fully saturated rings. The number of carbonyl (C=O) groups excluding carboxylic acids is 1. The highest BCUT2D eigenvalue weighted by atomic mass is 16.5. The van der Waals surface area contributed by atoms with E-state index in [0.717, 1.165) is 11.3 Å². The Hall–Kier alpha value is -2.53. The van der Waals surface area contributed by atoms with Crippen LogP contribution in [0.1, 0.15) is 11.1 Å². The molecule has 1 unspecified atom stereocenters. The fourth-order valence-electron chi connectivity index (χ4n) is 1.97. The lowest BCUT2D eigenvalue weighted by atomic mass is 10.1. The molecule has 5 heteroatoms. The summed E-state index contributed by atoms with van der Waals surface area (Å²) >= 11 is 0. The van der Waals surface area contributed by atoms with Crippen LogP contribution in [-0.2, 0) is 0 Å². The van der Waals surface area contributed by atoms with Gasteiger partial charge >= 0.3 is 6.03 Å². The Bertz CT molecular complexity index is 644. The van der Waals surface area contributed by atoms with Crippen LogP contribution in [0.15, 0.2) is 48.5 Å². The standard InChI is InChI=1S/C18H22N2O3/c1-13-8-9-15(10-14(13)2)20-18(22)19-11-16(21)12-23-17-6-4-3-5-7-17/h3-10,16,21H,11-12H2,1-2H3,(H2,19,20,22). The third-order valence-electron chi connectivity index (χ3n) is 3.45. The number of para-hydroxylation sites is 1. The molecule has 2 rings (SSSR count). The first kappa shape index (κ1) is 16.8. The zero-order valence-electron chi connectivity index (χ0n) is 13.4. The molecular weight excluding hydrogens is 292 g/mol. The van der Waals surface area contributed by atoms with Crippen molar-refractivity contribution in [2.24, 2.45) is 0 Å². The predicted octanol–water partition coefficient (Wildman–Crippen LogP) is 2.86. The van der Waals surface area contributed by atoms with Crippen LogP contribution in [0.3, 0.4) is 0 Å². The lowest BCUT2D eigenvalue weighted by Gasteiger charge is -2.14. The van der Waals surface area contributed by atoms with E-state index in [-0.39, 0.29) is 19.2 Å². The predicted molar refractivity (Wildman–Crippen MR) is 90.9 cm³/mol. The Morgan fingerprint density at radius 1 is 1.13 bits per heavy atom. The van der Waals surface area contributed by atoms with Crippen LogP contribution in [0.4, 0.5) is 10.5 Å². The van der Waals surface area contributed by atoms with Crippen LogP contribution in [0.25, 0.3) is 0 Å². The van der Waals surface area contributed by atoms with Crippen LogP contribution in [0, 0.1) is 13.8 Å². The second-order valence-electron chi connectivity index (χ2n) is 5.41. The van der Waals surface area contributed by atoms with E-state index in [1.54, 1.807) is 0 Å². The fourth-order valence-corrected chi connectivity index (χ4v) is 1.97. The summed E-state index contributed by atoms with van der Waals surface area (Å²) in [6.45, 7) is 4.24. The molecule has 0 aliphatic carbocycles. The van der Waals surface area contributed by atoms with Crippen LogP contribution in [0.5, 0.6) is 5.75 Å². The Balaban J connectivity index is 1.72. The average molecular weight is 314 g/mol. The van der Waals surface area contributed by atoms with Crippen molar-refractivity contribution in [1.82, 2.24) is 5.32 Å². The highest BCUT2D eigenvalue weighted by Gasteiger charge is 2.08. The zero-order chi connectivity index (χ0) is 16.7. The first-order valence-corrected chi connectivity index (χ1v) is 7.52. The summed E-state index contributed by atoms with van der Waals surface area (Å²) in [5.41, 5.74) is 3.00. The SMILES string of the molecule is Cc1ccc(NC(=O)NCC(O)COc2ccccc2)cc1C. The van der Waals surface area contributed by atoms with Crippen LogP contribution < -0.4 is 15.4 Å². The van der Waals surface area contributed by atoms with E-state index in [4.69, 9.17) is 4.74 Å². The van der Waals surface area contributed by atoms with E-state index in [0.29, 0.717) is 5.75 Å². The number of urea groups is 1. The first-order chi connectivity index (χ1) is 11.0. The molecular formula is C18H22N2O3. The van der Waals surface area contributed by atoms with Crippen molar-refractivity contribution in [2.45, 2.75) is 20.0 Å². The molecule has 3 N–H and O–H groups in total. The molecule has 0 aromatic heterocycles. The lowest BCUT2D eigenvalue weighted by molar-refractivity contribution is 0.108. The fraction of sp³-hybridized carbons (Fsp3) is 0.278. The molecule has 0 bridgehead atoms. The molecule has 0 aliphatic rings. The van der Waals surface area contributed by atoms with E-state index in [1.165, 1.54) is 5.56 Å². The summed E-state index contributed by atoms with van der Waals surface area (Å²) in [5, 5.41) is 15.2. The van der Waals surface area contributed by atoms with Crippen molar-refractivity contribution >= 4 is 11.7 Å². The highest BCUT2D eigenvalue weighted by Crippen LogP contribution is 2.13. The normalized spacial score (nSPS) is 11.6. The minimum atomic E-state index is -0.777. The largest absolute Gasteiger partial charge is 0.491 e. The molecule has 5 nitrogen and oxygen atoms in total. The molecule has 0 saturated carbocycles. The number of nitrogens with one attached hydrogen (secondary N) is 2. The minimum absolute atomic E-state index is 0.115. The number of rotatable bonds is 6.